The predicted molar refractivity (Wildman–Crippen MR) is 108 cm³/mol. The quantitative estimate of drug-likeness (QED) is 0.377. The fourth-order valence-electron chi connectivity index (χ4n) is 2.56. The summed E-state index contributed by atoms with van der Waals surface area (Å²) < 4.78 is 10.5. The fraction of sp³-hybridized carbons (Fsp3) is 0.550. The molecular formula is C20H31N5O2. The van der Waals surface area contributed by atoms with Crippen LogP contribution in [0.25, 0.3) is 11.4 Å². The Hall–Kier alpha value is -2.57. The van der Waals surface area contributed by atoms with E-state index >= 15 is 0 Å². The average molecular weight is 374 g/mol. The van der Waals surface area contributed by atoms with Crippen molar-refractivity contribution in [3.8, 4) is 17.1 Å². The number of benzene rings is 1. The number of ether oxygens (including phenoxy) is 1. The molecule has 1 heterocycles. The molecule has 0 saturated heterocycles. The molecule has 0 unspecified atom stereocenters. The summed E-state index contributed by atoms with van der Waals surface area (Å²) in [4.78, 5) is 9.06. The topological polar surface area (TPSA) is 84.6 Å². The summed E-state index contributed by atoms with van der Waals surface area (Å²) in [7, 11) is 1.65. The van der Waals surface area contributed by atoms with E-state index in [1.165, 1.54) is 0 Å². The molecule has 1 aromatic carbocycles. The van der Waals surface area contributed by atoms with Crippen molar-refractivity contribution in [1.29, 1.82) is 0 Å². The third kappa shape index (κ3) is 7.29. The summed E-state index contributed by atoms with van der Waals surface area (Å²) in [5.41, 5.74) is 0.925. The molecule has 0 spiro atoms. The van der Waals surface area contributed by atoms with Crippen LogP contribution >= 0.6 is 0 Å². The molecule has 0 amide bonds. The Labute approximate surface area is 161 Å². The van der Waals surface area contributed by atoms with Gasteiger partial charge in [0.25, 0.3) is 0 Å². The highest BCUT2D eigenvalue weighted by molar-refractivity contribution is 5.79. The number of nitrogens with one attached hydrogen (secondary N) is 2. The number of rotatable bonds is 10. The van der Waals surface area contributed by atoms with Crippen molar-refractivity contribution in [1.82, 2.24) is 20.8 Å². The van der Waals surface area contributed by atoms with Crippen LogP contribution < -0.4 is 15.4 Å². The minimum Gasteiger partial charge on any atom is -0.497 e. The number of aryl methyl sites for hydroxylation is 1. The lowest BCUT2D eigenvalue weighted by Gasteiger charge is -2.13. The number of hydrogen-bond acceptors (Lipinski definition) is 5. The maximum Gasteiger partial charge on any atom is 0.226 e. The largest absolute Gasteiger partial charge is 0.497 e. The Balaban J connectivity index is 1.72. The van der Waals surface area contributed by atoms with Crippen molar-refractivity contribution >= 4 is 5.96 Å². The molecule has 1 aromatic heterocycles. The number of aromatic nitrogens is 2. The molecule has 0 fully saturated rings. The van der Waals surface area contributed by atoms with Gasteiger partial charge in [-0.2, -0.15) is 4.98 Å². The molecule has 0 aliphatic rings. The van der Waals surface area contributed by atoms with Crippen LogP contribution in [0.2, 0.25) is 0 Å². The van der Waals surface area contributed by atoms with E-state index in [-0.39, 0.29) is 0 Å². The van der Waals surface area contributed by atoms with Gasteiger partial charge in [-0.05, 0) is 57.9 Å². The molecule has 7 heteroatoms. The number of methoxy groups -OCH3 is 1. The standard InChI is InChI=1S/C20H31N5O2/c1-5-21-20(23-15(2)3)22-14-8-6-7-9-18-24-19(25-27-18)16-10-12-17(26-4)13-11-16/h10-13,15H,5-9,14H2,1-4H3,(H2,21,22,23). The Morgan fingerprint density at radius 2 is 1.96 bits per heavy atom. The number of aliphatic imine (C=N–C) groups is 1. The van der Waals surface area contributed by atoms with E-state index in [9.17, 15) is 0 Å². The molecule has 0 saturated carbocycles. The first-order valence-electron chi connectivity index (χ1n) is 9.64. The first-order chi connectivity index (χ1) is 13.1. The fourth-order valence-corrected chi connectivity index (χ4v) is 2.56. The van der Waals surface area contributed by atoms with Crippen LogP contribution in [0.15, 0.2) is 33.8 Å². The maximum absolute atomic E-state index is 5.36. The molecule has 27 heavy (non-hydrogen) atoms. The third-order valence-corrected chi connectivity index (χ3v) is 3.90. The van der Waals surface area contributed by atoms with Gasteiger partial charge in [0.05, 0.1) is 7.11 Å². The second-order valence-electron chi connectivity index (χ2n) is 6.61. The van der Waals surface area contributed by atoms with Gasteiger partial charge in [-0.1, -0.05) is 11.6 Å². The lowest BCUT2D eigenvalue weighted by molar-refractivity contribution is 0.374. The van der Waals surface area contributed by atoms with E-state index in [0.29, 0.717) is 17.8 Å². The first kappa shape index (κ1) is 20.7. The van der Waals surface area contributed by atoms with Crippen LogP contribution in [-0.4, -0.2) is 42.3 Å². The maximum atomic E-state index is 5.36. The monoisotopic (exact) mass is 373 g/mol. The van der Waals surface area contributed by atoms with Crippen molar-refractivity contribution in [2.24, 2.45) is 4.99 Å². The third-order valence-electron chi connectivity index (χ3n) is 3.90. The van der Waals surface area contributed by atoms with Gasteiger partial charge in [0, 0.05) is 31.1 Å². The van der Waals surface area contributed by atoms with Gasteiger partial charge in [-0.15, -0.1) is 0 Å². The highest BCUT2D eigenvalue weighted by atomic mass is 16.5. The molecule has 7 nitrogen and oxygen atoms in total. The Morgan fingerprint density at radius 1 is 1.19 bits per heavy atom. The van der Waals surface area contributed by atoms with Crippen molar-refractivity contribution in [3.05, 3.63) is 30.2 Å². The number of hydrogen-bond donors (Lipinski definition) is 2. The smallest absolute Gasteiger partial charge is 0.226 e. The lowest BCUT2D eigenvalue weighted by atomic mass is 10.2. The van der Waals surface area contributed by atoms with Crippen LogP contribution in [0.5, 0.6) is 5.75 Å². The van der Waals surface area contributed by atoms with Crippen molar-refractivity contribution < 1.29 is 9.26 Å². The first-order valence-corrected chi connectivity index (χ1v) is 9.64. The summed E-state index contributed by atoms with van der Waals surface area (Å²) in [5, 5.41) is 10.6. The predicted octanol–water partition coefficient (Wildman–Crippen LogP) is 3.42. The van der Waals surface area contributed by atoms with Gasteiger partial charge in [-0.25, -0.2) is 0 Å². The van der Waals surface area contributed by atoms with Gasteiger partial charge in [0.1, 0.15) is 5.75 Å². The second kappa shape index (κ2) is 11.2. The van der Waals surface area contributed by atoms with Gasteiger partial charge in [0.15, 0.2) is 5.96 Å². The van der Waals surface area contributed by atoms with Crippen molar-refractivity contribution in [3.63, 3.8) is 0 Å². The molecule has 0 bridgehead atoms. The van der Waals surface area contributed by atoms with Gasteiger partial charge in [-0.3, -0.25) is 4.99 Å². The average Bonchev–Trinajstić information content (AvgIpc) is 3.13. The van der Waals surface area contributed by atoms with E-state index in [1.54, 1.807) is 7.11 Å². The molecule has 2 N–H and O–H groups in total. The highest BCUT2D eigenvalue weighted by Crippen LogP contribution is 2.20. The zero-order valence-corrected chi connectivity index (χ0v) is 16.8. The molecular weight excluding hydrogens is 342 g/mol. The molecule has 0 aliphatic heterocycles. The van der Waals surface area contributed by atoms with E-state index < -0.39 is 0 Å². The van der Waals surface area contributed by atoms with E-state index in [1.807, 2.05) is 24.3 Å². The number of nitrogens with zero attached hydrogens (tertiary/aromatic N) is 3. The van der Waals surface area contributed by atoms with Crippen LogP contribution in [0.3, 0.4) is 0 Å². The summed E-state index contributed by atoms with van der Waals surface area (Å²) in [6.07, 6.45) is 3.91. The molecule has 0 atom stereocenters. The second-order valence-corrected chi connectivity index (χ2v) is 6.61. The summed E-state index contributed by atoms with van der Waals surface area (Å²) >= 11 is 0. The van der Waals surface area contributed by atoms with Crippen LogP contribution in [0.4, 0.5) is 0 Å². The number of guanidine groups is 1. The minimum atomic E-state index is 0.375. The molecule has 148 valence electrons. The molecule has 2 aromatic rings. The molecule has 0 aliphatic carbocycles. The number of unbranched alkanes of at least 4 members (excludes halogenated alkanes) is 2. The van der Waals surface area contributed by atoms with Gasteiger partial charge in [0.2, 0.25) is 11.7 Å². The lowest BCUT2D eigenvalue weighted by Crippen LogP contribution is -2.41. The summed E-state index contributed by atoms with van der Waals surface area (Å²) in [5.74, 6) is 2.99. The van der Waals surface area contributed by atoms with Crippen LogP contribution in [0, 0.1) is 0 Å². The van der Waals surface area contributed by atoms with E-state index in [2.05, 4.69) is 46.5 Å². The van der Waals surface area contributed by atoms with Crippen molar-refractivity contribution in [2.75, 3.05) is 20.2 Å². The normalized spacial score (nSPS) is 11.7. The molecule has 2 rings (SSSR count). The van der Waals surface area contributed by atoms with Crippen molar-refractivity contribution in [2.45, 2.75) is 52.5 Å². The Bertz CT molecular complexity index is 695. The summed E-state index contributed by atoms with van der Waals surface area (Å²) in [6.45, 7) is 7.96. The Morgan fingerprint density at radius 3 is 2.63 bits per heavy atom. The van der Waals surface area contributed by atoms with Gasteiger partial charge < -0.3 is 19.9 Å². The summed E-state index contributed by atoms with van der Waals surface area (Å²) in [6, 6.07) is 8.01. The SMILES string of the molecule is CCNC(=NCCCCCc1nc(-c2ccc(OC)cc2)no1)NC(C)C. The van der Waals surface area contributed by atoms with Crippen LogP contribution in [-0.2, 0) is 6.42 Å². The van der Waals surface area contributed by atoms with Crippen LogP contribution in [0.1, 0.15) is 45.9 Å². The van der Waals surface area contributed by atoms with Gasteiger partial charge >= 0.3 is 0 Å². The van der Waals surface area contributed by atoms with E-state index in [0.717, 1.165) is 56.0 Å². The highest BCUT2D eigenvalue weighted by Gasteiger charge is 2.08. The molecule has 0 radical (unpaired) electrons. The Kier molecular flexibility index (Phi) is 8.61. The minimum absolute atomic E-state index is 0.375. The zero-order valence-electron chi connectivity index (χ0n) is 16.8. The zero-order chi connectivity index (χ0) is 19.5. The van der Waals surface area contributed by atoms with E-state index in [4.69, 9.17) is 9.26 Å².